The Morgan fingerprint density at radius 1 is 1.20 bits per heavy atom. The summed E-state index contributed by atoms with van der Waals surface area (Å²) in [7, 11) is 0. The largest absolute Gasteiger partial charge is 0.367 e. The summed E-state index contributed by atoms with van der Waals surface area (Å²) in [4.78, 5) is 4.29. The SMILES string of the molecule is NNc1ccc(NC2CCCCC2)nc1. The highest BCUT2D eigenvalue weighted by molar-refractivity contribution is 5.46. The summed E-state index contributed by atoms with van der Waals surface area (Å²) < 4.78 is 0. The average Bonchev–Trinajstić information content (AvgIpc) is 2.31. The summed E-state index contributed by atoms with van der Waals surface area (Å²) in [5, 5.41) is 3.45. The molecule has 1 heterocycles. The summed E-state index contributed by atoms with van der Waals surface area (Å²) in [6, 6.07) is 4.49. The van der Waals surface area contributed by atoms with E-state index in [1.165, 1.54) is 32.1 Å². The molecule has 0 aromatic carbocycles. The maximum Gasteiger partial charge on any atom is 0.126 e. The predicted octanol–water partition coefficient (Wildman–Crippen LogP) is 2.11. The number of nitrogen functional groups attached to an aromatic ring is 1. The Labute approximate surface area is 90.2 Å². The van der Waals surface area contributed by atoms with Gasteiger partial charge in [0.2, 0.25) is 0 Å². The van der Waals surface area contributed by atoms with Crippen molar-refractivity contribution in [1.29, 1.82) is 0 Å². The van der Waals surface area contributed by atoms with Gasteiger partial charge in [-0.3, -0.25) is 5.84 Å². The molecule has 4 heteroatoms. The highest BCUT2D eigenvalue weighted by Crippen LogP contribution is 2.20. The lowest BCUT2D eigenvalue weighted by atomic mass is 9.95. The Bertz CT molecular complexity index is 290. The fraction of sp³-hybridized carbons (Fsp3) is 0.545. The number of pyridine rings is 1. The van der Waals surface area contributed by atoms with E-state index in [1.807, 2.05) is 12.1 Å². The van der Waals surface area contributed by atoms with Crippen molar-refractivity contribution in [2.75, 3.05) is 10.7 Å². The van der Waals surface area contributed by atoms with E-state index in [2.05, 4.69) is 15.7 Å². The first kappa shape index (κ1) is 10.2. The van der Waals surface area contributed by atoms with Gasteiger partial charge in [0.1, 0.15) is 5.82 Å². The van der Waals surface area contributed by atoms with E-state index in [9.17, 15) is 0 Å². The van der Waals surface area contributed by atoms with Crippen LogP contribution in [0, 0.1) is 0 Å². The smallest absolute Gasteiger partial charge is 0.126 e. The summed E-state index contributed by atoms with van der Waals surface area (Å²) in [6.45, 7) is 0. The van der Waals surface area contributed by atoms with Crippen LogP contribution in [0.5, 0.6) is 0 Å². The Hall–Kier alpha value is -1.29. The number of hydrogen-bond donors (Lipinski definition) is 3. The van der Waals surface area contributed by atoms with E-state index in [-0.39, 0.29) is 0 Å². The number of rotatable bonds is 3. The Balaban J connectivity index is 1.91. The van der Waals surface area contributed by atoms with Gasteiger partial charge in [0, 0.05) is 6.04 Å². The molecule has 1 aliphatic rings. The van der Waals surface area contributed by atoms with Crippen molar-refractivity contribution in [2.24, 2.45) is 5.84 Å². The molecule has 0 amide bonds. The molecule has 0 aliphatic heterocycles. The number of hydrogen-bond acceptors (Lipinski definition) is 4. The molecule has 1 aromatic heterocycles. The minimum atomic E-state index is 0.600. The van der Waals surface area contributed by atoms with Gasteiger partial charge in [0.05, 0.1) is 11.9 Å². The van der Waals surface area contributed by atoms with Crippen LogP contribution >= 0.6 is 0 Å². The van der Waals surface area contributed by atoms with E-state index in [0.29, 0.717) is 6.04 Å². The number of nitrogens with zero attached hydrogens (tertiary/aromatic N) is 1. The molecule has 1 fully saturated rings. The summed E-state index contributed by atoms with van der Waals surface area (Å²) in [5.74, 6) is 6.22. The third-order valence-corrected chi connectivity index (χ3v) is 2.89. The average molecular weight is 206 g/mol. The molecule has 1 aromatic rings. The number of anilines is 2. The fourth-order valence-electron chi connectivity index (χ4n) is 2.02. The van der Waals surface area contributed by atoms with Gasteiger partial charge in [-0.05, 0) is 25.0 Å². The van der Waals surface area contributed by atoms with Crippen molar-refractivity contribution in [3.8, 4) is 0 Å². The zero-order valence-electron chi connectivity index (χ0n) is 8.87. The van der Waals surface area contributed by atoms with Crippen molar-refractivity contribution in [3.63, 3.8) is 0 Å². The quantitative estimate of drug-likeness (QED) is 0.523. The van der Waals surface area contributed by atoms with Crippen LogP contribution < -0.4 is 16.6 Å². The summed E-state index contributed by atoms with van der Waals surface area (Å²) in [6.07, 6.45) is 8.31. The van der Waals surface area contributed by atoms with E-state index < -0.39 is 0 Å². The first-order valence-electron chi connectivity index (χ1n) is 5.58. The summed E-state index contributed by atoms with van der Waals surface area (Å²) >= 11 is 0. The Morgan fingerprint density at radius 3 is 2.60 bits per heavy atom. The molecule has 4 N–H and O–H groups in total. The van der Waals surface area contributed by atoms with E-state index >= 15 is 0 Å². The zero-order valence-corrected chi connectivity index (χ0v) is 8.87. The first-order valence-corrected chi connectivity index (χ1v) is 5.58. The van der Waals surface area contributed by atoms with Crippen LogP contribution in [0.4, 0.5) is 11.5 Å². The second kappa shape index (κ2) is 4.98. The van der Waals surface area contributed by atoms with E-state index in [4.69, 9.17) is 5.84 Å². The number of nitrogens with two attached hydrogens (primary N) is 1. The van der Waals surface area contributed by atoms with Gasteiger partial charge in [0.25, 0.3) is 0 Å². The molecule has 4 nitrogen and oxygen atoms in total. The van der Waals surface area contributed by atoms with Crippen LogP contribution in [0.25, 0.3) is 0 Å². The highest BCUT2D eigenvalue weighted by Gasteiger charge is 2.12. The van der Waals surface area contributed by atoms with Crippen LogP contribution in [-0.2, 0) is 0 Å². The molecule has 2 rings (SSSR count). The predicted molar refractivity (Wildman–Crippen MR) is 62.5 cm³/mol. The van der Waals surface area contributed by atoms with Crippen molar-refractivity contribution in [2.45, 2.75) is 38.1 Å². The molecule has 1 aliphatic carbocycles. The van der Waals surface area contributed by atoms with E-state index in [1.54, 1.807) is 6.20 Å². The highest BCUT2D eigenvalue weighted by atomic mass is 15.2. The van der Waals surface area contributed by atoms with Crippen LogP contribution in [0.2, 0.25) is 0 Å². The van der Waals surface area contributed by atoms with Gasteiger partial charge in [0.15, 0.2) is 0 Å². The van der Waals surface area contributed by atoms with Gasteiger partial charge in [-0.25, -0.2) is 4.98 Å². The normalized spacial score (nSPS) is 17.4. The van der Waals surface area contributed by atoms with Gasteiger partial charge in [-0.2, -0.15) is 0 Å². The third-order valence-electron chi connectivity index (χ3n) is 2.89. The molecule has 0 bridgehead atoms. The topological polar surface area (TPSA) is 63.0 Å². The maximum atomic E-state index is 5.27. The van der Waals surface area contributed by atoms with E-state index in [0.717, 1.165) is 11.5 Å². The second-order valence-electron chi connectivity index (χ2n) is 4.06. The molecular formula is C11H18N4. The molecule has 82 valence electrons. The van der Waals surface area contributed by atoms with Gasteiger partial charge < -0.3 is 10.7 Å². The van der Waals surface area contributed by atoms with Crippen LogP contribution in [0.3, 0.4) is 0 Å². The molecule has 0 spiro atoms. The van der Waals surface area contributed by atoms with Crippen molar-refractivity contribution in [1.82, 2.24) is 4.98 Å². The molecule has 0 radical (unpaired) electrons. The van der Waals surface area contributed by atoms with Crippen LogP contribution in [-0.4, -0.2) is 11.0 Å². The molecule has 0 atom stereocenters. The van der Waals surface area contributed by atoms with Crippen molar-refractivity contribution >= 4 is 11.5 Å². The second-order valence-corrected chi connectivity index (χ2v) is 4.06. The van der Waals surface area contributed by atoms with Gasteiger partial charge in [-0.15, -0.1) is 0 Å². The lowest BCUT2D eigenvalue weighted by Gasteiger charge is -2.23. The first-order chi connectivity index (χ1) is 7.38. The molecular weight excluding hydrogens is 188 g/mol. The summed E-state index contributed by atoms with van der Waals surface area (Å²) in [5.41, 5.74) is 3.40. The van der Waals surface area contributed by atoms with Crippen LogP contribution in [0.1, 0.15) is 32.1 Å². The number of aromatic nitrogens is 1. The van der Waals surface area contributed by atoms with Crippen molar-refractivity contribution < 1.29 is 0 Å². The third kappa shape index (κ3) is 2.83. The molecule has 0 saturated heterocycles. The lowest BCUT2D eigenvalue weighted by molar-refractivity contribution is 0.462. The molecule has 1 saturated carbocycles. The van der Waals surface area contributed by atoms with Gasteiger partial charge in [-0.1, -0.05) is 19.3 Å². The molecule has 15 heavy (non-hydrogen) atoms. The molecule has 0 unspecified atom stereocenters. The monoisotopic (exact) mass is 206 g/mol. The zero-order chi connectivity index (χ0) is 10.5. The lowest BCUT2D eigenvalue weighted by Crippen LogP contribution is -2.22. The minimum absolute atomic E-state index is 0.600. The van der Waals surface area contributed by atoms with Gasteiger partial charge >= 0.3 is 0 Å². The number of hydrazine groups is 1. The standard InChI is InChI=1S/C11H18N4/c12-15-10-6-7-11(13-8-10)14-9-4-2-1-3-5-9/h6-9,15H,1-5,12H2,(H,13,14). The fourth-order valence-corrected chi connectivity index (χ4v) is 2.02. The Kier molecular flexibility index (Phi) is 3.40. The van der Waals surface area contributed by atoms with Crippen LogP contribution in [0.15, 0.2) is 18.3 Å². The maximum absolute atomic E-state index is 5.27. The van der Waals surface area contributed by atoms with Crippen molar-refractivity contribution in [3.05, 3.63) is 18.3 Å². The minimum Gasteiger partial charge on any atom is -0.367 e. The number of nitrogens with one attached hydrogen (secondary N) is 2. The Morgan fingerprint density at radius 2 is 2.00 bits per heavy atom.